The van der Waals surface area contributed by atoms with Crippen molar-refractivity contribution in [2.45, 2.75) is 50.2 Å². The van der Waals surface area contributed by atoms with Crippen LogP contribution in [0.1, 0.15) is 33.6 Å². The van der Waals surface area contributed by atoms with E-state index in [1.807, 2.05) is 6.07 Å². The summed E-state index contributed by atoms with van der Waals surface area (Å²) >= 11 is 1.66. The molecule has 8 nitrogen and oxygen atoms in total. The number of ether oxygens (including phenoxy) is 2. The Bertz CT molecular complexity index is 1150. The SMILES string of the molecule is CC(C)(C)CNCCn1c(Sc2cc3c(cc2N2CCCC2)OCO3)nc2c(N)nccc21. The number of aromatic nitrogens is 3. The molecule has 0 unspecified atom stereocenters. The Morgan fingerprint density at radius 2 is 1.91 bits per heavy atom. The number of imidazole rings is 1. The van der Waals surface area contributed by atoms with Gasteiger partial charge in [0.1, 0.15) is 5.52 Å². The summed E-state index contributed by atoms with van der Waals surface area (Å²) < 4.78 is 13.6. The van der Waals surface area contributed by atoms with Gasteiger partial charge in [0, 0.05) is 55.9 Å². The van der Waals surface area contributed by atoms with Gasteiger partial charge in [-0.05, 0) is 36.1 Å². The maximum absolute atomic E-state index is 6.19. The van der Waals surface area contributed by atoms with Gasteiger partial charge < -0.3 is 30.0 Å². The lowest BCUT2D eigenvalue weighted by atomic mass is 9.97. The zero-order valence-electron chi connectivity index (χ0n) is 19.6. The van der Waals surface area contributed by atoms with Crippen molar-refractivity contribution in [1.82, 2.24) is 19.9 Å². The van der Waals surface area contributed by atoms with Crippen LogP contribution >= 0.6 is 11.8 Å². The number of fused-ring (bicyclic) bond motifs is 2. The van der Waals surface area contributed by atoms with Crippen LogP contribution in [0.25, 0.3) is 11.0 Å². The van der Waals surface area contributed by atoms with Crippen LogP contribution in [0.3, 0.4) is 0 Å². The molecule has 9 heteroatoms. The van der Waals surface area contributed by atoms with Crippen LogP contribution in [0.15, 0.2) is 34.4 Å². The van der Waals surface area contributed by atoms with Crippen molar-refractivity contribution in [1.29, 1.82) is 0 Å². The normalized spacial score (nSPS) is 15.7. The second kappa shape index (κ2) is 8.95. The lowest BCUT2D eigenvalue weighted by Gasteiger charge is -2.22. The molecule has 1 aromatic carbocycles. The number of anilines is 2. The van der Waals surface area contributed by atoms with Gasteiger partial charge in [0.05, 0.1) is 11.2 Å². The van der Waals surface area contributed by atoms with E-state index in [0.29, 0.717) is 5.82 Å². The van der Waals surface area contributed by atoms with Gasteiger partial charge in [-0.25, -0.2) is 9.97 Å². The summed E-state index contributed by atoms with van der Waals surface area (Å²) in [5, 5.41) is 4.48. The molecule has 1 fully saturated rings. The molecule has 0 amide bonds. The van der Waals surface area contributed by atoms with Gasteiger partial charge in [-0.3, -0.25) is 0 Å². The molecule has 0 bridgehead atoms. The van der Waals surface area contributed by atoms with E-state index in [2.05, 4.69) is 52.7 Å². The molecule has 2 aromatic heterocycles. The maximum atomic E-state index is 6.19. The summed E-state index contributed by atoms with van der Waals surface area (Å²) in [6.45, 7) is 11.7. The van der Waals surface area contributed by atoms with Crippen molar-refractivity contribution in [2.24, 2.45) is 5.41 Å². The fourth-order valence-corrected chi connectivity index (χ4v) is 5.39. The number of nitrogens with zero attached hydrogens (tertiary/aromatic N) is 4. The average Bonchev–Trinajstić information content (AvgIpc) is 3.51. The first kappa shape index (κ1) is 22.2. The molecule has 4 heterocycles. The highest BCUT2D eigenvalue weighted by atomic mass is 32.2. The minimum absolute atomic E-state index is 0.236. The molecule has 0 atom stereocenters. The highest BCUT2D eigenvalue weighted by molar-refractivity contribution is 7.99. The molecular weight excluding hydrogens is 436 g/mol. The topological polar surface area (TPSA) is 90.5 Å². The zero-order valence-corrected chi connectivity index (χ0v) is 20.4. The number of hydrogen-bond donors (Lipinski definition) is 2. The number of rotatable bonds is 7. The predicted molar refractivity (Wildman–Crippen MR) is 132 cm³/mol. The summed E-state index contributed by atoms with van der Waals surface area (Å²) in [6, 6.07) is 6.20. The first-order valence-electron chi connectivity index (χ1n) is 11.6. The van der Waals surface area contributed by atoms with E-state index in [4.69, 9.17) is 20.2 Å². The Kier molecular flexibility index (Phi) is 6.01. The highest BCUT2D eigenvalue weighted by Crippen LogP contribution is 2.45. The van der Waals surface area contributed by atoms with Crippen LogP contribution in [0.4, 0.5) is 11.5 Å². The minimum atomic E-state index is 0.236. The second-order valence-electron chi connectivity index (χ2n) is 9.82. The molecule has 3 aromatic rings. The van der Waals surface area contributed by atoms with Gasteiger partial charge in [-0.1, -0.05) is 20.8 Å². The van der Waals surface area contributed by atoms with Gasteiger partial charge >= 0.3 is 0 Å². The molecule has 0 aliphatic carbocycles. The summed E-state index contributed by atoms with van der Waals surface area (Å²) in [7, 11) is 0. The van der Waals surface area contributed by atoms with Crippen molar-refractivity contribution in [3.63, 3.8) is 0 Å². The first-order chi connectivity index (χ1) is 15.9. The van der Waals surface area contributed by atoms with Crippen molar-refractivity contribution in [3.8, 4) is 11.5 Å². The molecule has 0 radical (unpaired) electrons. The summed E-state index contributed by atoms with van der Waals surface area (Å²) in [4.78, 5) is 12.7. The van der Waals surface area contributed by atoms with E-state index in [-0.39, 0.29) is 12.2 Å². The lowest BCUT2D eigenvalue weighted by Crippen LogP contribution is -2.29. The third-order valence-corrected chi connectivity index (χ3v) is 6.97. The number of hydrogen-bond acceptors (Lipinski definition) is 8. The predicted octanol–water partition coefficient (Wildman–Crippen LogP) is 4.13. The molecular formula is C24H32N6O2S. The molecule has 0 spiro atoms. The quantitative estimate of drug-likeness (QED) is 0.500. The molecule has 1 saturated heterocycles. The third kappa shape index (κ3) is 4.70. The maximum Gasteiger partial charge on any atom is 0.231 e. The van der Waals surface area contributed by atoms with Gasteiger partial charge in [0.2, 0.25) is 6.79 Å². The van der Waals surface area contributed by atoms with Crippen LogP contribution in [0.2, 0.25) is 0 Å². The van der Waals surface area contributed by atoms with Crippen molar-refractivity contribution in [2.75, 3.05) is 43.6 Å². The first-order valence-corrected chi connectivity index (χ1v) is 12.4. The molecule has 176 valence electrons. The monoisotopic (exact) mass is 468 g/mol. The summed E-state index contributed by atoms with van der Waals surface area (Å²) in [5.41, 5.74) is 9.36. The summed E-state index contributed by atoms with van der Waals surface area (Å²) in [5.74, 6) is 2.06. The Morgan fingerprint density at radius 1 is 1.15 bits per heavy atom. The molecule has 2 aliphatic heterocycles. The van der Waals surface area contributed by atoms with E-state index in [1.165, 1.54) is 18.5 Å². The van der Waals surface area contributed by atoms with Crippen LogP contribution in [0, 0.1) is 5.41 Å². The fourth-order valence-electron chi connectivity index (χ4n) is 4.30. The van der Waals surface area contributed by atoms with Gasteiger partial charge in [0.15, 0.2) is 22.5 Å². The van der Waals surface area contributed by atoms with E-state index < -0.39 is 0 Å². The van der Waals surface area contributed by atoms with E-state index >= 15 is 0 Å². The molecule has 5 rings (SSSR count). The molecule has 3 N–H and O–H groups in total. The molecule has 0 saturated carbocycles. The largest absolute Gasteiger partial charge is 0.454 e. The van der Waals surface area contributed by atoms with Crippen LogP contribution in [-0.4, -0.2) is 47.5 Å². The number of benzene rings is 1. The fraction of sp³-hybridized carbons (Fsp3) is 0.500. The van der Waals surface area contributed by atoms with Gasteiger partial charge in [-0.15, -0.1) is 0 Å². The highest BCUT2D eigenvalue weighted by Gasteiger charge is 2.25. The average molecular weight is 469 g/mol. The Morgan fingerprint density at radius 3 is 2.67 bits per heavy atom. The van der Waals surface area contributed by atoms with Gasteiger partial charge in [-0.2, -0.15) is 0 Å². The Balaban J connectivity index is 1.49. The van der Waals surface area contributed by atoms with Crippen molar-refractivity contribution in [3.05, 3.63) is 24.4 Å². The van der Waals surface area contributed by atoms with Crippen LogP contribution in [-0.2, 0) is 6.54 Å². The number of nitrogen functional groups attached to an aromatic ring is 1. The Hall–Kier alpha value is -2.65. The van der Waals surface area contributed by atoms with E-state index in [1.54, 1.807) is 18.0 Å². The zero-order chi connectivity index (χ0) is 23.0. The number of nitrogens with two attached hydrogens (primary N) is 1. The van der Waals surface area contributed by atoms with Crippen molar-refractivity contribution >= 4 is 34.3 Å². The van der Waals surface area contributed by atoms with Crippen LogP contribution in [0.5, 0.6) is 11.5 Å². The number of pyridine rings is 1. The second-order valence-corrected chi connectivity index (χ2v) is 10.8. The summed E-state index contributed by atoms with van der Waals surface area (Å²) in [6.07, 6.45) is 4.17. The van der Waals surface area contributed by atoms with Gasteiger partial charge in [0.25, 0.3) is 0 Å². The third-order valence-electron chi connectivity index (χ3n) is 5.93. The Labute approximate surface area is 198 Å². The smallest absolute Gasteiger partial charge is 0.231 e. The van der Waals surface area contributed by atoms with E-state index in [9.17, 15) is 0 Å². The molecule has 2 aliphatic rings. The number of nitrogens with one attached hydrogen (secondary N) is 1. The molecule has 33 heavy (non-hydrogen) atoms. The van der Waals surface area contributed by atoms with Crippen molar-refractivity contribution < 1.29 is 9.47 Å². The van der Waals surface area contributed by atoms with E-state index in [0.717, 1.165) is 65.3 Å². The lowest BCUT2D eigenvalue weighted by molar-refractivity contribution is 0.174. The van der Waals surface area contributed by atoms with Crippen LogP contribution < -0.4 is 25.4 Å². The minimum Gasteiger partial charge on any atom is -0.454 e. The standard InChI is InChI=1S/C24H32N6O2S/c1-24(2,3)14-26-8-11-30-16-6-7-27-22(25)21(16)28-23(30)33-20-13-19-18(31-15-32-19)12-17(20)29-9-4-5-10-29/h6-7,12-13,26H,4-5,8-11,14-15H2,1-3H3,(H2,25,27).